The summed E-state index contributed by atoms with van der Waals surface area (Å²) in [4.78, 5) is 9.44. The maximum Gasteiger partial charge on any atom is 0.586 e. The van der Waals surface area contributed by atoms with Crippen LogP contribution < -0.4 is 9.47 Å². The van der Waals surface area contributed by atoms with Crippen molar-refractivity contribution in [2.24, 2.45) is 4.40 Å². The molecule has 1 saturated heterocycles. The molecule has 184 valence electrons. The van der Waals surface area contributed by atoms with E-state index in [2.05, 4.69) is 23.8 Å². The van der Waals surface area contributed by atoms with Crippen LogP contribution in [0.15, 0.2) is 41.1 Å². The Balaban J connectivity index is 1.43. The van der Waals surface area contributed by atoms with Gasteiger partial charge in [0.1, 0.15) is 5.65 Å². The van der Waals surface area contributed by atoms with Crippen LogP contribution in [0.3, 0.4) is 0 Å². The van der Waals surface area contributed by atoms with Crippen LogP contribution in [0.1, 0.15) is 11.5 Å². The summed E-state index contributed by atoms with van der Waals surface area (Å²) in [5.74, 6) is -0.865. The highest BCUT2D eigenvalue weighted by Crippen LogP contribution is 2.43. The van der Waals surface area contributed by atoms with E-state index in [1.807, 2.05) is 11.9 Å². The first-order chi connectivity index (χ1) is 16.6. The molecule has 2 aliphatic rings. The van der Waals surface area contributed by atoms with Crippen LogP contribution in [0, 0.1) is 5.41 Å². The van der Waals surface area contributed by atoms with Gasteiger partial charge in [-0.25, -0.2) is 4.98 Å². The number of fused-ring (bicyclic) bond motifs is 2. The quantitative estimate of drug-likeness (QED) is 0.498. The van der Waals surface area contributed by atoms with E-state index in [1.54, 1.807) is 18.3 Å². The first-order valence-corrected chi connectivity index (χ1v) is 12.2. The average Bonchev–Trinajstić information content (AvgIpc) is 3.37. The molecule has 2 N–H and O–H groups in total. The van der Waals surface area contributed by atoms with Gasteiger partial charge in [-0.15, -0.1) is 8.78 Å². The van der Waals surface area contributed by atoms with Crippen molar-refractivity contribution in [3.05, 3.63) is 42.2 Å². The number of piperazine rings is 1. The zero-order valence-corrected chi connectivity index (χ0v) is 19.4. The number of aromatic amines is 1. The lowest BCUT2D eigenvalue weighted by Gasteiger charge is -2.29. The number of halogens is 2. The molecule has 1 aromatic carbocycles. The third kappa shape index (κ3) is 4.61. The molecule has 0 bridgehead atoms. The number of hydrogen-bond donors (Lipinski definition) is 2. The summed E-state index contributed by atoms with van der Waals surface area (Å²) in [6.45, 7) is 1.95. The summed E-state index contributed by atoms with van der Waals surface area (Å²) >= 11 is 0. The predicted octanol–water partition coefficient (Wildman–Crippen LogP) is 2.85. The van der Waals surface area contributed by atoms with Crippen LogP contribution in [-0.4, -0.2) is 79.5 Å². The zero-order chi connectivity index (χ0) is 24.8. The van der Waals surface area contributed by atoms with E-state index in [9.17, 15) is 17.2 Å². The first kappa shape index (κ1) is 23.3. The number of nitrogens with one attached hydrogen (secondary N) is 2. The number of pyridine rings is 1. The van der Waals surface area contributed by atoms with Gasteiger partial charge in [0.25, 0.3) is 0 Å². The highest BCUT2D eigenvalue weighted by Gasteiger charge is 2.43. The molecular formula is C22H22F2N6O4S. The Morgan fingerprint density at radius 2 is 1.94 bits per heavy atom. The lowest BCUT2D eigenvalue weighted by atomic mass is 10.00. The Hall–Kier alpha value is -3.42. The highest BCUT2D eigenvalue weighted by atomic mass is 32.2. The van der Waals surface area contributed by atoms with Gasteiger partial charge in [0.2, 0.25) is 0 Å². The van der Waals surface area contributed by atoms with Gasteiger partial charge >= 0.3 is 16.5 Å². The fourth-order valence-corrected chi connectivity index (χ4v) is 5.05. The van der Waals surface area contributed by atoms with Crippen LogP contribution in [0.2, 0.25) is 0 Å². The van der Waals surface area contributed by atoms with Gasteiger partial charge < -0.3 is 24.8 Å². The molecule has 35 heavy (non-hydrogen) atoms. The number of nitrogens with zero attached hydrogens (tertiary/aromatic N) is 4. The van der Waals surface area contributed by atoms with Crippen molar-refractivity contribution in [1.29, 1.82) is 5.41 Å². The normalized spacial score (nSPS) is 19.4. The van der Waals surface area contributed by atoms with Gasteiger partial charge in [-0.1, -0.05) is 6.07 Å². The molecule has 3 aromatic rings. The van der Waals surface area contributed by atoms with Gasteiger partial charge in [-0.3, -0.25) is 0 Å². The number of alkyl halides is 2. The van der Waals surface area contributed by atoms with E-state index in [-0.39, 0.29) is 11.5 Å². The Bertz CT molecular complexity index is 1420. The minimum atomic E-state index is -3.86. The van der Waals surface area contributed by atoms with E-state index >= 15 is 0 Å². The molecule has 4 heterocycles. The van der Waals surface area contributed by atoms with Crippen molar-refractivity contribution >= 4 is 33.7 Å². The van der Waals surface area contributed by atoms with E-state index in [1.165, 1.54) is 28.8 Å². The van der Waals surface area contributed by atoms with Crippen LogP contribution in [0.4, 0.5) is 8.78 Å². The van der Waals surface area contributed by atoms with Crippen molar-refractivity contribution < 1.29 is 26.7 Å². The summed E-state index contributed by atoms with van der Waals surface area (Å²) in [6, 6.07) is 6.23. The van der Waals surface area contributed by atoms with Gasteiger partial charge in [-0.05, 0) is 36.4 Å². The van der Waals surface area contributed by atoms with Crippen molar-refractivity contribution in [1.82, 2.24) is 19.2 Å². The molecule has 10 nitrogen and oxygen atoms in total. The topological polar surface area (TPSA) is 124 Å². The number of hydrogen-bond acceptors (Lipinski definition) is 7. The van der Waals surface area contributed by atoms with Gasteiger partial charge in [0, 0.05) is 62.0 Å². The molecule has 5 rings (SSSR count). The Kier molecular flexibility index (Phi) is 5.77. The molecule has 1 unspecified atom stereocenters. The summed E-state index contributed by atoms with van der Waals surface area (Å²) in [5, 5.41) is 8.48. The Morgan fingerprint density at radius 1 is 1.20 bits per heavy atom. The molecule has 0 spiro atoms. The third-order valence-electron chi connectivity index (χ3n) is 5.97. The summed E-state index contributed by atoms with van der Waals surface area (Å²) < 4.78 is 66.2. The Labute approximate surface area is 199 Å². The summed E-state index contributed by atoms with van der Waals surface area (Å²) in [7, 11) is -1.93. The minimum absolute atomic E-state index is 0.0564. The van der Waals surface area contributed by atoms with Crippen molar-refractivity contribution in [3.8, 4) is 22.6 Å². The second-order valence-corrected chi connectivity index (χ2v) is 9.95. The SMILES string of the molecule is CN1CCN(S(=O)(=O)N=CC(C=N)c2cnc3[nH]cc(-c4ccc5c(c4)OC(F)(F)O5)c3c2)CC1. The van der Waals surface area contributed by atoms with E-state index in [0.29, 0.717) is 53.9 Å². The molecule has 0 amide bonds. The van der Waals surface area contributed by atoms with Crippen molar-refractivity contribution in [2.75, 3.05) is 33.2 Å². The van der Waals surface area contributed by atoms with Gasteiger partial charge in [0.05, 0.1) is 5.92 Å². The average molecular weight is 505 g/mol. The third-order valence-corrected chi connectivity index (χ3v) is 7.38. The predicted molar refractivity (Wildman–Crippen MR) is 126 cm³/mol. The van der Waals surface area contributed by atoms with Gasteiger partial charge in [0.15, 0.2) is 11.5 Å². The maximum absolute atomic E-state index is 13.4. The first-order valence-electron chi connectivity index (χ1n) is 10.8. The largest absolute Gasteiger partial charge is 0.586 e. The van der Waals surface area contributed by atoms with Crippen LogP contribution in [-0.2, 0) is 10.2 Å². The Morgan fingerprint density at radius 3 is 2.69 bits per heavy atom. The number of benzene rings is 1. The second kappa shape index (κ2) is 8.66. The fourth-order valence-electron chi connectivity index (χ4n) is 4.01. The van der Waals surface area contributed by atoms with E-state index in [0.717, 1.165) is 6.21 Å². The molecule has 0 aliphatic carbocycles. The van der Waals surface area contributed by atoms with Crippen LogP contribution in [0.25, 0.3) is 22.2 Å². The van der Waals surface area contributed by atoms with Gasteiger partial charge in [-0.2, -0.15) is 17.1 Å². The second-order valence-electron chi connectivity index (χ2n) is 8.32. The van der Waals surface area contributed by atoms with E-state index < -0.39 is 22.4 Å². The number of ether oxygens (including phenoxy) is 2. The lowest BCUT2D eigenvalue weighted by molar-refractivity contribution is -0.286. The molecule has 0 saturated carbocycles. The molecule has 1 fully saturated rings. The number of rotatable bonds is 6. The summed E-state index contributed by atoms with van der Waals surface area (Å²) in [5.41, 5.74) is 2.35. The standard InChI is InChI=1S/C22H22F2N6O4S/c1-29-4-6-30(7-5-29)35(31,32)28-12-16(10-25)15-8-17-18(13-27-21(17)26-11-15)14-2-3-19-20(9-14)34-22(23,24)33-19/h2-3,8-13,16,25H,4-7H2,1H3,(H,26,27). The van der Waals surface area contributed by atoms with Crippen LogP contribution in [0.5, 0.6) is 11.5 Å². The van der Waals surface area contributed by atoms with Crippen molar-refractivity contribution in [2.45, 2.75) is 12.2 Å². The minimum Gasteiger partial charge on any atom is -0.395 e. The fraction of sp³-hybridized carbons (Fsp3) is 0.318. The molecule has 2 aliphatic heterocycles. The highest BCUT2D eigenvalue weighted by molar-refractivity contribution is 7.87. The smallest absolute Gasteiger partial charge is 0.395 e. The molecular weight excluding hydrogens is 482 g/mol. The number of aromatic nitrogens is 2. The molecule has 1 atom stereocenters. The zero-order valence-electron chi connectivity index (χ0n) is 18.6. The number of H-pyrrole nitrogens is 1. The molecule has 0 radical (unpaired) electrons. The summed E-state index contributed by atoms with van der Waals surface area (Å²) in [6.07, 6.45) is 1.81. The monoisotopic (exact) mass is 504 g/mol. The van der Waals surface area contributed by atoms with Crippen LogP contribution >= 0.6 is 0 Å². The number of likely N-dealkylation sites (N-methyl/N-ethyl adjacent to an activating group) is 1. The maximum atomic E-state index is 13.4. The molecule has 2 aromatic heterocycles. The van der Waals surface area contributed by atoms with E-state index in [4.69, 9.17) is 5.41 Å². The lowest BCUT2D eigenvalue weighted by Crippen LogP contribution is -2.46. The molecule has 13 heteroatoms. The van der Waals surface area contributed by atoms with Crippen molar-refractivity contribution in [3.63, 3.8) is 0 Å².